The van der Waals surface area contributed by atoms with Crippen LogP contribution in [0.5, 0.6) is 6.01 Å². The van der Waals surface area contributed by atoms with E-state index >= 15 is 0 Å². The van der Waals surface area contributed by atoms with Gasteiger partial charge in [-0.1, -0.05) is 19.8 Å². The van der Waals surface area contributed by atoms with Crippen LogP contribution < -0.4 is 10.3 Å². The van der Waals surface area contributed by atoms with E-state index in [9.17, 15) is 9.90 Å². The Morgan fingerprint density at radius 2 is 2.04 bits per heavy atom. The number of aromatic amines is 1. The first-order valence-electron chi connectivity index (χ1n) is 9.51. The zero-order chi connectivity index (χ0) is 17.4. The summed E-state index contributed by atoms with van der Waals surface area (Å²) in [7, 11) is 0. The van der Waals surface area contributed by atoms with Crippen molar-refractivity contribution in [2.75, 3.05) is 0 Å². The lowest BCUT2D eigenvalue weighted by Gasteiger charge is -2.17. The average molecular weight is 346 g/mol. The number of aromatic nitrogens is 4. The van der Waals surface area contributed by atoms with Crippen LogP contribution >= 0.6 is 0 Å². The highest BCUT2D eigenvalue weighted by molar-refractivity contribution is 5.70. The summed E-state index contributed by atoms with van der Waals surface area (Å²) in [5.41, 5.74) is 0.819. The predicted molar refractivity (Wildman–Crippen MR) is 93.9 cm³/mol. The fourth-order valence-corrected chi connectivity index (χ4v) is 4.10. The average Bonchev–Trinajstić information content (AvgIpc) is 3.31. The van der Waals surface area contributed by atoms with Gasteiger partial charge in [-0.15, -0.1) is 0 Å². The van der Waals surface area contributed by atoms with Gasteiger partial charge in [-0.2, -0.15) is 4.98 Å². The lowest BCUT2D eigenvalue weighted by Crippen LogP contribution is -2.22. The van der Waals surface area contributed by atoms with E-state index in [4.69, 9.17) is 9.72 Å². The molecule has 2 aromatic heterocycles. The number of fused-ring (bicyclic) bond motifs is 1. The molecule has 25 heavy (non-hydrogen) atoms. The molecule has 2 aliphatic carbocycles. The first kappa shape index (κ1) is 16.6. The van der Waals surface area contributed by atoms with E-state index in [1.807, 2.05) is 4.57 Å². The van der Waals surface area contributed by atoms with Gasteiger partial charge in [0.15, 0.2) is 11.2 Å². The largest absolute Gasteiger partial charge is 0.461 e. The van der Waals surface area contributed by atoms with Crippen LogP contribution in [0.15, 0.2) is 4.79 Å². The minimum Gasteiger partial charge on any atom is -0.461 e. The van der Waals surface area contributed by atoms with Crippen LogP contribution in [0.1, 0.15) is 70.0 Å². The second kappa shape index (κ2) is 6.78. The van der Waals surface area contributed by atoms with E-state index in [0.717, 1.165) is 37.9 Å². The van der Waals surface area contributed by atoms with Gasteiger partial charge in [0.25, 0.3) is 0 Å². The van der Waals surface area contributed by atoms with Gasteiger partial charge in [0.2, 0.25) is 0 Å². The Bertz CT molecular complexity index is 806. The number of nitrogens with one attached hydrogen (secondary N) is 1. The van der Waals surface area contributed by atoms with Gasteiger partial charge in [0, 0.05) is 18.9 Å². The van der Waals surface area contributed by atoms with Crippen LogP contribution in [0, 0.1) is 0 Å². The highest BCUT2D eigenvalue weighted by atomic mass is 16.5. The number of aliphatic hydroxyl groups is 1. The van der Waals surface area contributed by atoms with Crippen LogP contribution in [0.4, 0.5) is 0 Å². The van der Waals surface area contributed by atoms with E-state index < -0.39 is 0 Å². The molecule has 7 nitrogen and oxygen atoms in total. The molecule has 2 unspecified atom stereocenters. The minimum absolute atomic E-state index is 0.0873. The molecule has 2 heterocycles. The van der Waals surface area contributed by atoms with Crippen molar-refractivity contribution in [3.63, 3.8) is 0 Å². The molecule has 2 saturated carbocycles. The Balaban J connectivity index is 1.74. The molecule has 2 aliphatic rings. The molecule has 2 fully saturated rings. The summed E-state index contributed by atoms with van der Waals surface area (Å²) < 4.78 is 7.90. The van der Waals surface area contributed by atoms with E-state index in [1.54, 1.807) is 0 Å². The number of ether oxygens (including phenoxy) is 1. The molecule has 0 saturated heterocycles. The Morgan fingerprint density at radius 3 is 2.72 bits per heavy atom. The van der Waals surface area contributed by atoms with Crippen molar-refractivity contribution in [1.82, 2.24) is 19.5 Å². The molecule has 0 spiro atoms. The molecule has 2 atom stereocenters. The van der Waals surface area contributed by atoms with Crippen LogP contribution in [-0.4, -0.2) is 36.8 Å². The number of aryl methyl sites for hydroxylation is 1. The number of H-pyrrole nitrogens is 1. The van der Waals surface area contributed by atoms with Gasteiger partial charge >= 0.3 is 11.6 Å². The molecule has 0 amide bonds. The van der Waals surface area contributed by atoms with Crippen molar-refractivity contribution in [3.05, 3.63) is 16.2 Å². The molecular formula is C18H26N4O3. The summed E-state index contributed by atoms with van der Waals surface area (Å²) in [5.74, 6) is 1.32. The van der Waals surface area contributed by atoms with Crippen LogP contribution in [0.2, 0.25) is 0 Å². The summed E-state index contributed by atoms with van der Waals surface area (Å²) in [6.45, 7) is 2.78. The van der Waals surface area contributed by atoms with E-state index in [1.165, 1.54) is 12.8 Å². The Kier molecular flexibility index (Phi) is 4.50. The molecule has 2 N–H and O–H groups in total. The highest BCUT2D eigenvalue weighted by Crippen LogP contribution is 2.33. The van der Waals surface area contributed by atoms with E-state index in [0.29, 0.717) is 36.1 Å². The zero-order valence-corrected chi connectivity index (χ0v) is 14.7. The monoisotopic (exact) mass is 346 g/mol. The number of hydrogen-bond donors (Lipinski definition) is 2. The summed E-state index contributed by atoms with van der Waals surface area (Å²) in [6.07, 6.45) is 7.29. The third-order valence-electron chi connectivity index (χ3n) is 5.42. The molecule has 0 aromatic carbocycles. The van der Waals surface area contributed by atoms with Crippen LogP contribution in [-0.2, 0) is 6.54 Å². The number of nitrogens with zero attached hydrogens (tertiary/aromatic N) is 3. The maximum absolute atomic E-state index is 12.5. The van der Waals surface area contributed by atoms with Gasteiger partial charge in [0.05, 0.1) is 6.10 Å². The van der Waals surface area contributed by atoms with Crippen molar-refractivity contribution in [3.8, 4) is 6.01 Å². The Morgan fingerprint density at radius 1 is 1.24 bits per heavy atom. The van der Waals surface area contributed by atoms with Gasteiger partial charge in [-0.25, -0.2) is 4.98 Å². The highest BCUT2D eigenvalue weighted by Gasteiger charge is 2.27. The van der Waals surface area contributed by atoms with Crippen molar-refractivity contribution in [1.29, 1.82) is 0 Å². The van der Waals surface area contributed by atoms with Crippen molar-refractivity contribution in [2.45, 2.75) is 83.0 Å². The zero-order valence-electron chi connectivity index (χ0n) is 14.7. The molecule has 136 valence electrons. The Hall–Kier alpha value is -1.89. The molecular weight excluding hydrogens is 320 g/mol. The second-order valence-corrected chi connectivity index (χ2v) is 7.36. The molecule has 0 radical (unpaired) electrons. The smallest absolute Gasteiger partial charge is 0.301 e. The second-order valence-electron chi connectivity index (χ2n) is 7.36. The SMILES string of the molecule is CCCn1c(OC2CCC(O)C2)nc(=O)c2[nH]c(C3CCCC3)nc21. The number of aliphatic hydroxyl groups excluding tert-OH is 1. The van der Waals surface area contributed by atoms with Gasteiger partial charge in [-0.3, -0.25) is 9.36 Å². The van der Waals surface area contributed by atoms with Gasteiger partial charge in [0.1, 0.15) is 11.9 Å². The van der Waals surface area contributed by atoms with Crippen LogP contribution in [0.3, 0.4) is 0 Å². The quantitative estimate of drug-likeness (QED) is 0.867. The minimum atomic E-state index is -0.320. The lowest BCUT2D eigenvalue weighted by molar-refractivity contribution is 0.139. The molecule has 7 heteroatoms. The maximum Gasteiger partial charge on any atom is 0.301 e. The Labute approximate surface area is 146 Å². The molecule has 4 rings (SSSR count). The number of hydrogen-bond acceptors (Lipinski definition) is 5. The number of rotatable bonds is 5. The van der Waals surface area contributed by atoms with E-state index in [2.05, 4.69) is 16.9 Å². The first-order valence-corrected chi connectivity index (χ1v) is 9.51. The van der Waals surface area contributed by atoms with Gasteiger partial charge < -0.3 is 14.8 Å². The molecule has 2 aromatic rings. The van der Waals surface area contributed by atoms with Gasteiger partial charge in [-0.05, 0) is 32.1 Å². The number of imidazole rings is 1. The fraction of sp³-hybridized carbons (Fsp3) is 0.722. The van der Waals surface area contributed by atoms with E-state index in [-0.39, 0.29) is 17.8 Å². The molecule has 0 bridgehead atoms. The maximum atomic E-state index is 12.5. The lowest BCUT2D eigenvalue weighted by atomic mass is 10.1. The fourth-order valence-electron chi connectivity index (χ4n) is 4.10. The predicted octanol–water partition coefficient (Wildman–Crippen LogP) is 2.48. The summed E-state index contributed by atoms with van der Waals surface area (Å²) in [4.78, 5) is 24.7. The molecule has 0 aliphatic heterocycles. The third-order valence-corrected chi connectivity index (χ3v) is 5.42. The first-order chi connectivity index (χ1) is 12.2. The van der Waals surface area contributed by atoms with Crippen molar-refractivity contribution >= 4 is 11.2 Å². The third kappa shape index (κ3) is 3.17. The van der Waals surface area contributed by atoms with Crippen LogP contribution in [0.25, 0.3) is 11.2 Å². The summed E-state index contributed by atoms with van der Waals surface area (Å²) in [5, 5.41) is 9.71. The topological polar surface area (TPSA) is 93.0 Å². The standard InChI is InChI=1S/C18H26N4O3/c1-2-9-22-16-14(19-15(20-16)11-5-3-4-6-11)17(24)21-18(22)25-13-8-7-12(23)10-13/h11-13,23H,2-10H2,1H3,(H,19,20). The summed E-state index contributed by atoms with van der Waals surface area (Å²) >= 11 is 0. The normalized spacial score (nSPS) is 24.4. The summed E-state index contributed by atoms with van der Waals surface area (Å²) in [6, 6.07) is 0.336. The van der Waals surface area contributed by atoms with Crippen molar-refractivity contribution in [2.24, 2.45) is 0 Å². The van der Waals surface area contributed by atoms with Crippen molar-refractivity contribution < 1.29 is 9.84 Å².